The van der Waals surface area contributed by atoms with Crippen LogP contribution in [0.25, 0.3) is 0 Å². The fourth-order valence-electron chi connectivity index (χ4n) is 3.95. The average molecular weight is 453 g/mol. The van der Waals surface area contributed by atoms with Gasteiger partial charge in [0.25, 0.3) is 5.56 Å². The summed E-state index contributed by atoms with van der Waals surface area (Å²) in [5.41, 5.74) is 9.71. The van der Waals surface area contributed by atoms with Crippen LogP contribution in [-0.4, -0.2) is 20.4 Å². The summed E-state index contributed by atoms with van der Waals surface area (Å²) in [4.78, 5) is 34.6. The first-order valence-electron chi connectivity index (χ1n) is 10.4. The van der Waals surface area contributed by atoms with E-state index in [2.05, 4.69) is 20.6 Å². The molecule has 1 atom stereocenters. The van der Waals surface area contributed by atoms with Crippen molar-refractivity contribution in [2.75, 3.05) is 11.1 Å². The Morgan fingerprint density at radius 3 is 2.69 bits per heavy atom. The number of hydrogen-bond acceptors (Lipinski definition) is 6. The number of fused-ring (bicyclic) bond motifs is 1. The Morgan fingerprint density at radius 2 is 1.94 bits per heavy atom. The van der Waals surface area contributed by atoms with Crippen LogP contribution in [0.1, 0.15) is 40.5 Å². The maximum absolute atomic E-state index is 13.2. The zero-order chi connectivity index (χ0) is 22.8. The van der Waals surface area contributed by atoms with Gasteiger partial charge in [-0.3, -0.25) is 14.2 Å². The Balaban J connectivity index is 1.53. The van der Waals surface area contributed by atoms with Gasteiger partial charge in [-0.1, -0.05) is 41.9 Å². The molecule has 9 heteroatoms. The quantitative estimate of drug-likeness (QED) is 0.529. The second kappa shape index (κ2) is 9.00. The lowest BCUT2D eigenvalue weighted by atomic mass is 10.1. The molecule has 0 bridgehead atoms. The molecule has 8 nitrogen and oxygen atoms in total. The highest BCUT2D eigenvalue weighted by Crippen LogP contribution is 2.29. The number of aromatic nitrogens is 3. The molecule has 0 aliphatic carbocycles. The topological polar surface area (TPSA) is 115 Å². The van der Waals surface area contributed by atoms with Crippen LogP contribution in [0.3, 0.4) is 0 Å². The lowest BCUT2D eigenvalue weighted by Crippen LogP contribution is -2.36. The monoisotopic (exact) mass is 452 g/mol. The lowest BCUT2D eigenvalue weighted by molar-refractivity contribution is -0.124. The van der Waals surface area contributed by atoms with Gasteiger partial charge in [0.2, 0.25) is 5.91 Å². The first-order valence-corrected chi connectivity index (χ1v) is 10.8. The number of carbonyl (C=O) groups is 1. The van der Waals surface area contributed by atoms with E-state index in [1.807, 2.05) is 44.2 Å². The van der Waals surface area contributed by atoms with E-state index >= 15 is 0 Å². The summed E-state index contributed by atoms with van der Waals surface area (Å²) in [5, 5.41) is 6.24. The molecule has 0 spiro atoms. The number of nitrogens with one attached hydrogen (secondary N) is 2. The number of nitrogens with two attached hydrogens (primary N) is 1. The predicted octanol–water partition coefficient (Wildman–Crippen LogP) is 2.91. The second-order valence-electron chi connectivity index (χ2n) is 7.91. The van der Waals surface area contributed by atoms with E-state index in [4.69, 9.17) is 17.3 Å². The molecule has 1 aromatic carbocycles. The van der Waals surface area contributed by atoms with Crippen molar-refractivity contribution in [3.05, 3.63) is 80.0 Å². The predicted molar refractivity (Wildman–Crippen MR) is 125 cm³/mol. The lowest BCUT2D eigenvalue weighted by Gasteiger charge is -2.17. The van der Waals surface area contributed by atoms with Crippen molar-refractivity contribution < 1.29 is 4.79 Å². The van der Waals surface area contributed by atoms with Crippen molar-refractivity contribution in [1.29, 1.82) is 0 Å². The zero-order valence-corrected chi connectivity index (χ0v) is 18.7. The van der Waals surface area contributed by atoms with Crippen LogP contribution in [0.4, 0.5) is 11.6 Å². The third-order valence-electron chi connectivity index (χ3n) is 5.81. The Kier molecular flexibility index (Phi) is 6.14. The summed E-state index contributed by atoms with van der Waals surface area (Å²) in [7, 11) is 0. The zero-order valence-electron chi connectivity index (χ0n) is 18.0. The summed E-state index contributed by atoms with van der Waals surface area (Å²) in [5.74, 6) is 0.330. The van der Waals surface area contributed by atoms with Crippen LogP contribution in [0.2, 0.25) is 5.15 Å². The van der Waals surface area contributed by atoms with Gasteiger partial charge in [0.15, 0.2) is 11.0 Å². The number of nitrogens with zero attached hydrogens (tertiary/aromatic N) is 3. The number of halogens is 1. The Labute approximate surface area is 190 Å². The van der Waals surface area contributed by atoms with Gasteiger partial charge >= 0.3 is 0 Å². The largest absolute Gasteiger partial charge is 0.384 e. The van der Waals surface area contributed by atoms with E-state index in [1.54, 1.807) is 6.07 Å². The minimum absolute atomic E-state index is 0.139. The van der Waals surface area contributed by atoms with E-state index in [0.29, 0.717) is 37.4 Å². The molecular weight excluding hydrogens is 428 g/mol. The molecule has 0 fully saturated rings. The van der Waals surface area contributed by atoms with Crippen LogP contribution in [0.15, 0.2) is 41.2 Å². The minimum atomic E-state index is -0.640. The van der Waals surface area contributed by atoms with Crippen molar-refractivity contribution in [3.63, 3.8) is 0 Å². The van der Waals surface area contributed by atoms with Crippen LogP contribution in [0, 0.1) is 13.8 Å². The summed E-state index contributed by atoms with van der Waals surface area (Å²) in [6.45, 7) is 4.58. The third-order valence-corrected chi connectivity index (χ3v) is 6.11. The van der Waals surface area contributed by atoms with E-state index in [1.165, 1.54) is 4.57 Å². The van der Waals surface area contributed by atoms with Gasteiger partial charge in [-0.25, -0.2) is 9.97 Å². The number of nitrogen functional groups attached to an aromatic ring is 1. The van der Waals surface area contributed by atoms with Crippen LogP contribution < -0.4 is 21.9 Å². The van der Waals surface area contributed by atoms with Gasteiger partial charge in [-0.15, -0.1) is 0 Å². The normalized spacial score (nSPS) is 14.8. The maximum Gasteiger partial charge on any atom is 0.294 e. The van der Waals surface area contributed by atoms with Gasteiger partial charge in [0.1, 0.15) is 11.9 Å². The molecular formula is C23H25ClN6O2. The van der Waals surface area contributed by atoms with E-state index in [-0.39, 0.29) is 22.4 Å². The highest BCUT2D eigenvalue weighted by molar-refractivity contribution is 6.30. The number of amides is 1. The van der Waals surface area contributed by atoms with Crippen LogP contribution >= 0.6 is 11.6 Å². The molecule has 3 aromatic rings. The molecule has 1 aliphatic heterocycles. The van der Waals surface area contributed by atoms with Crippen LogP contribution in [0.5, 0.6) is 0 Å². The first kappa shape index (κ1) is 21.8. The summed E-state index contributed by atoms with van der Waals surface area (Å²) in [6, 6.07) is 10.8. The van der Waals surface area contributed by atoms with Gasteiger partial charge in [0.05, 0.1) is 5.69 Å². The number of aryl methyl sites for hydroxylation is 2. The second-order valence-corrected chi connectivity index (χ2v) is 8.26. The molecule has 4 N–H and O–H groups in total. The van der Waals surface area contributed by atoms with Crippen molar-refractivity contribution >= 4 is 29.1 Å². The van der Waals surface area contributed by atoms with E-state index in [9.17, 15) is 9.59 Å². The molecule has 0 saturated carbocycles. The maximum atomic E-state index is 13.2. The fourth-order valence-corrected chi connectivity index (χ4v) is 4.22. The molecule has 3 heterocycles. The fraction of sp³-hybridized carbons (Fsp3) is 0.304. The molecule has 0 saturated heterocycles. The van der Waals surface area contributed by atoms with E-state index < -0.39 is 6.04 Å². The molecule has 1 amide bonds. The molecule has 1 aliphatic rings. The molecule has 0 unspecified atom stereocenters. The van der Waals surface area contributed by atoms with Gasteiger partial charge < -0.3 is 16.4 Å². The molecule has 166 valence electrons. The standard InChI is InChI=1S/C23H25ClN6O2/c1-13-5-3-4-6-15(13)11-26-21-23(32)30-17(20(24)29-21)8-9-18(30)22(31)27-12-16-7-10-19(25)28-14(16)2/h3-7,10,18H,8-9,11-12H2,1-2H3,(H2,25,28)(H,26,29)(H,27,31)/t18-/m0/s1. The molecule has 4 rings (SSSR count). The van der Waals surface area contributed by atoms with Gasteiger partial charge in [-0.2, -0.15) is 0 Å². The Morgan fingerprint density at radius 1 is 1.16 bits per heavy atom. The smallest absolute Gasteiger partial charge is 0.294 e. The minimum Gasteiger partial charge on any atom is -0.384 e. The average Bonchev–Trinajstić information content (AvgIpc) is 3.22. The molecule has 2 aromatic heterocycles. The van der Waals surface area contributed by atoms with Crippen molar-refractivity contribution in [3.8, 4) is 0 Å². The van der Waals surface area contributed by atoms with Crippen molar-refractivity contribution in [2.45, 2.75) is 45.8 Å². The molecule has 32 heavy (non-hydrogen) atoms. The SMILES string of the molecule is Cc1ccccc1CNc1nc(Cl)c2n(c1=O)[C@H](C(=O)NCc1ccc(N)nc1C)CC2. The number of carbonyl (C=O) groups excluding carboxylic acids is 1. The number of benzene rings is 1. The summed E-state index contributed by atoms with van der Waals surface area (Å²) >= 11 is 6.38. The summed E-state index contributed by atoms with van der Waals surface area (Å²) < 4.78 is 1.47. The van der Waals surface area contributed by atoms with Crippen LogP contribution in [-0.2, 0) is 24.3 Å². The van der Waals surface area contributed by atoms with Crippen molar-refractivity contribution in [2.24, 2.45) is 0 Å². The van der Waals surface area contributed by atoms with E-state index in [0.717, 1.165) is 22.4 Å². The number of rotatable bonds is 6. The van der Waals surface area contributed by atoms with Gasteiger partial charge in [0, 0.05) is 18.8 Å². The number of anilines is 2. The van der Waals surface area contributed by atoms with Gasteiger partial charge in [-0.05, 0) is 49.4 Å². The highest BCUT2D eigenvalue weighted by atomic mass is 35.5. The summed E-state index contributed by atoms with van der Waals surface area (Å²) in [6.07, 6.45) is 1.00. The highest BCUT2D eigenvalue weighted by Gasteiger charge is 2.32. The molecule has 0 radical (unpaired) electrons. The Hall–Kier alpha value is -3.39. The Bertz CT molecular complexity index is 1240. The third kappa shape index (κ3) is 4.31. The number of hydrogen-bond donors (Lipinski definition) is 3. The van der Waals surface area contributed by atoms with Crippen molar-refractivity contribution in [1.82, 2.24) is 19.9 Å². The first-order chi connectivity index (χ1) is 15.3. The number of pyridine rings is 1.